The smallest absolute Gasteiger partial charge is 0.334 e. The van der Waals surface area contributed by atoms with Crippen LogP contribution in [0.15, 0.2) is 18.5 Å². The average Bonchev–Trinajstić information content (AvgIpc) is 3.42. The number of carbonyl (C=O) groups is 1. The summed E-state index contributed by atoms with van der Waals surface area (Å²) in [6.45, 7) is 0.224. The van der Waals surface area contributed by atoms with Crippen LogP contribution >= 0.6 is 0 Å². The molecule has 156 valence electrons. The maximum Gasteiger partial charge on any atom is 0.334 e. The lowest BCUT2D eigenvalue weighted by Gasteiger charge is -2.23. The third kappa shape index (κ3) is 3.95. The summed E-state index contributed by atoms with van der Waals surface area (Å²) in [5, 5.41) is 9.22. The van der Waals surface area contributed by atoms with Crippen molar-refractivity contribution in [1.29, 1.82) is 0 Å². The van der Waals surface area contributed by atoms with Gasteiger partial charge in [0.15, 0.2) is 0 Å². The number of aryl methyl sites for hydroxylation is 2. The van der Waals surface area contributed by atoms with E-state index in [-0.39, 0.29) is 13.2 Å². The molecule has 10 heteroatoms. The molecule has 3 N–H and O–H groups in total. The van der Waals surface area contributed by atoms with Crippen molar-refractivity contribution >= 4 is 27.6 Å². The number of fused-ring (bicyclic) bond motifs is 2. The number of carbonyl (C=O) groups excluding carboxylic acids is 1. The number of amides is 2. The van der Waals surface area contributed by atoms with Crippen LogP contribution in [0.4, 0.5) is 16.2 Å². The van der Waals surface area contributed by atoms with E-state index in [1.54, 1.807) is 0 Å². The summed E-state index contributed by atoms with van der Waals surface area (Å²) in [4.78, 5) is 12.7. The van der Waals surface area contributed by atoms with Gasteiger partial charge in [-0.2, -0.15) is 13.5 Å². The van der Waals surface area contributed by atoms with Crippen molar-refractivity contribution in [2.24, 2.45) is 0 Å². The highest BCUT2D eigenvalue weighted by molar-refractivity contribution is 7.91. The standard InChI is InChI=1S/C19H25N5O4S/c1-28-9-8-24(15-11-20-21-12-15)29(26,27)23-19(25)22-18-16-6-2-4-13(16)10-14-5-3-7-17(14)18/h10-12H,2-9H2,1H3,(H,20,21)(H2,22,23,25). The topological polar surface area (TPSA) is 116 Å². The summed E-state index contributed by atoms with van der Waals surface area (Å²) >= 11 is 0. The molecule has 29 heavy (non-hydrogen) atoms. The van der Waals surface area contributed by atoms with Gasteiger partial charge in [0.05, 0.1) is 25.0 Å². The van der Waals surface area contributed by atoms with Crippen LogP contribution in [0.5, 0.6) is 0 Å². The predicted octanol–water partition coefficient (Wildman–Crippen LogP) is 1.91. The largest absolute Gasteiger partial charge is 0.383 e. The minimum Gasteiger partial charge on any atom is -0.383 e. The van der Waals surface area contributed by atoms with Gasteiger partial charge in [0, 0.05) is 19.0 Å². The van der Waals surface area contributed by atoms with Crippen LogP contribution in [-0.2, 0) is 40.6 Å². The Morgan fingerprint density at radius 1 is 1.21 bits per heavy atom. The van der Waals surface area contributed by atoms with E-state index in [2.05, 4.69) is 26.3 Å². The van der Waals surface area contributed by atoms with E-state index in [0.717, 1.165) is 59.6 Å². The number of anilines is 2. The van der Waals surface area contributed by atoms with Crippen LogP contribution in [0.25, 0.3) is 0 Å². The molecule has 4 rings (SSSR count). The van der Waals surface area contributed by atoms with Crippen molar-refractivity contribution in [2.45, 2.75) is 38.5 Å². The van der Waals surface area contributed by atoms with Gasteiger partial charge in [-0.05, 0) is 60.8 Å². The fourth-order valence-corrected chi connectivity index (χ4v) is 5.31. The number of aromatic nitrogens is 2. The molecule has 2 aliphatic rings. The van der Waals surface area contributed by atoms with E-state index in [9.17, 15) is 13.2 Å². The Morgan fingerprint density at radius 2 is 1.90 bits per heavy atom. The maximum atomic E-state index is 12.9. The molecule has 0 unspecified atom stereocenters. The predicted molar refractivity (Wildman–Crippen MR) is 109 cm³/mol. The van der Waals surface area contributed by atoms with Crippen molar-refractivity contribution < 1.29 is 17.9 Å². The number of ether oxygens (including phenoxy) is 1. The highest BCUT2D eigenvalue weighted by Crippen LogP contribution is 2.38. The highest BCUT2D eigenvalue weighted by Gasteiger charge is 2.28. The summed E-state index contributed by atoms with van der Waals surface area (Å²) in [5.41, 5.74) is 5.94. The van der Waals surface area contributed by atoms with Crippen molar-refractivity contribution in [3.63, 3.8) is 0 Å². The van der Waals surface area contributed by atoms with Crippen LogP contribution < -0.4 is 14.3 Å². The quantitative estimate of drug-likeness (QED) is 0.634. The first-order valence-electron chi connectivity index (χ1n) is 9.75. The summed E-state index contributed by atoms with van der Waals surface area (Å²) in [6, 6.07) is 1.50. The van der Waals surface area contributed by atoms with Crippen molar-refractivity contribution in [1.82, 2.24) is 14.9 Å². The molecule has 2 aromatic rings. The zero-order valence-electron chi connectivity index (χ0n) is 16.3. The molecule has 0 bridgehead atoms. The van der Waals surface area contributed by atoms with Gasteiger partial charge in [-0.1, -0.05) is 6.07 Å². The van der Waals surface area contributed by atoms with Gasteiger partial charge in [0.25, 0.3) is 0 Å². The average molecular weight is 420 g/mol. The zero-order valence-corrected chi connectivity index (χ0v) is 17.1. The number of rotatable bonds is 7. The van der Waals surface area contributed by atoms with E-state index >= 15 is 0 Å². The van der Waals surface area contributed by atoms with E-state index in [1.807, 2.05) is 0 Å². The molecule has 2 amide bonds. The number of urea groups is 1. The van der Waals surface area contributed by atoms with Crippen LogP contribution in [0.2, 0.25) is 0 Å². The fraction of sp³-hybridized carbons (Fsp3) is 0.474. The first-order chi connectivity index (χ1) is 14.0. The Hall–Kier alpha value is -2.59. The molecule has 0 saturated carbocycles. The molecular formula is C19H25N5O4S. The maximum absolute atomic E-state index is 12.9. The molecule has 1 heterocycles. The van der Waals surface area contributed by atoms with Gasteiger partial charge in [-0.15, -0.1) is 0 Å². The summed E-state index contributed by atoms with van der Waals surface area (Å²) in [6.07, 6.45) is 8.74. The normalized spacial score (nSPS) is 15.1. The fourth-order valence-electron chi connectivity index (χ4n) is 4.22. The molecule has 0 aliphatic heterocycles. The molecule has 0 atom stereocenters. The zero-order chi connectivity index (χ0) is 20.4. The molecular weight excluding hydrogens is 394 g/mol. The molecule has 1 aromatic carbocycles. The van der Waals surface area contributed by atoms with Crippen molar-refractivity contribution in [2.75, 3.05) is 29.9 Å². The molecule has 1 aromatic heterocycles. The van der Waals surface area contributed by atoms with E-state index in [0.29, 0.717) is 5.69 Å². The number of methoxy groups -OCH3 is 1. The first-order valence-corrected chi connectivity index (χ1v) is 11.2. The highest BCUT2D eigenvalue weighted by atomic mass is 32.2. The van der Waals surface area contributed by atoms with Gasteiger partial charge in [0.2, 0.25) is 0 Å². The van der Waals surface area contributed by atoms with E-state index in [1.165, 1.54) is 30.6 Å². The van der Waals surface area contributed by atoms with Crippen LogP contribution in [0.3, 0.4) is 0 Å². The molecule has 0 saturated heterocycles. The lowest BCUT2D eigenvalue weighted by molar-refractivity contribution is 0.208. The first kappa shape index (κ1) is 19.7. The van der Waals surface area contributed by atoms with Gasteiger partial charge < -0.3 is 10.1 Å². The number of nitrogens with zero attached hydrogens (tertiary/aromatic N) is 2. The molecule has 2 aliphatic carbocycles. The third-order valence-corrected chi connectivity index (χ3v) is 6.91. The minimum atomic E-state index is -4.13. The second-order valence-corrected chi connectivity index (χ2v) is 8.91. The SMILES string of the molecule is COCCN(c1cn[nH]c1)S(=O)(=O)NC(=O)Nc1c2c(cc3c1CCC3)CCC2. The molecule has 0 spiro atoms. The third-order valence-electron chi connectivity index (χ3n) is 5.49. The number of hydrogen-bond acceptors (Lipinski definition) is 5. The number of hydrogen-bond donors (Lipinski definition) is 3. The van der Waals surface area contributed by atoms with Crippen molar-refractivity contribution in [3.8, 4) is 0 Å². The molecule has 0 fully saturated rings. The van der Waals surface area contributed by atoms with Crippen LogP contribution in [0, 0.1) is 0 Å². The number of nitrogens with one attached hydrogen (secondary N) is 3. The second kappa shape index (κ2) is 8.03. The minimum absolute atomic E-state index is 0.0504. The molecule has 0 radical (unpaired) electrons. The van der Waals surface area contributed by atoms with Crippen LogP contribution in [-0.4, -0.2) is 44.9 Å². The Bertz CT molecular complexity index is 972. The Kier molecular flexibility index (Phi) is 5.46. The van der Waals surface area contributed by atoms with E-state index in [4.69, 9.17) is 4.74 Å². The van der Waals surface area contributed by atoms with Gasteiger partial charge in [-0.25, -0.2) is 13.8 Å². The Labute approximate surface area is 170 Å². The van der Waals surface area contributed by atoms with E-state index < -0.39 is 16.2 Å². The molecule has 9 nitrogen and oxygen atoms in total. The van der Waals surface area contributed by atoms with Gasteiger partial charge in [-0.3, -0.25) is 5.10 Å². The number of benzene rings is 1. The van der Waals surface area contributed by atoms with Gasteiger partial charge >= 0.3 is 16.2 Å². The number of H-pyrrole nitrogens is 1. The lowest BCUT2D eigenvalue weighted by atomic mass is 9.99. The van der Waals surface area contributed by atoms with Crippen LogP contribution in [0.1, 0.15) is 35.1 Å². The second-order valence-electron chi connectivity index (χ2n) is 7.32. The summed E-state index contributed by atoms with van der Waals surface area (Å²) in [7, 11) is -2.65. The summed E-state index contributed by atoms with van der Waals surface area (Å²) in [5.74, 6) is 0. The Balaban J connectivity index is 1.55. The lowest BCUT2D eigenvalue weighted by Crippen LogP contribution is -2.46. The summed E-state index contributed by atoms with van der Waals surface area (Å²) < 4.78 is 33.9. The monoisotopic (exact) mass is 419 g/mol. The van der Waals surface area contributed by atoms with Crippen molar-refractivity contribution in [3.05, 3.63) is 40.7 Å². The van der Waals surface area contributed by atoms with Gasteiger partial charge in [0.1, 0.15) is 0 Å². The number of aromatic amines is 1. The Morgan fingerprint density at radius 3 is 2.48 bits per heavy atom.